The van der Waals surface area contributed by atoms with Gasteiger partial charge in [0, 0.05) is 23.8 Å². The highest BCUT2D eigenvalue weighted by molar-refractivity contribution is 5.85. The Morgan fingerprint density at radius 3 is 2.57 bits per heavy atom. The Morgan fingerprint density at radius 2 is 1.86 bits per heavy atom. The fourth-order valence-corrected chi connectivity index (χ4v) is 8.47. The Balaban J connectivity index is 1.50. The summed E-state index contributed by atoms with van der Waals surface area (Å²) >= 11 is 0. The van der Waals surface area contributed by atoms with Crippen molar-refractivity contribution in [1.82, 2.24) is 0 Å². The van der Waals surface area contributed by atoms with Gasteiger partial charge in [0.25, 0.3) is 0 Å². The van der Waals surface area contributed by atoms with Crippen LogP contribution in [0, 0.1) is 34.5 Å². The first-order valence-corrected chi connectivity index (χ1v) is 11.1. The van der Waals surface area contributed by atoms with Crippen LogP contribution in [0.25, 0.3) is 0 Å². The molecule has 5 nitrogen and oxygen atoms in total. The number of esters is 1. The normalized spacial score (nSPS) is 55.8. The van der Waals surface area contributed by atoms with E-state index in [4.69, 9.17) is 4.74 Å². The lowest BCUT2D eigenvalue weighted by atomic mass is 9.43. The molecule has 9 atom stereocenters. The van der Waals surface area contributed by atoms with Gasteiger partial charge in [0.05, 0.1) is 17.8 Å². The predicted octanol–water partition coefficient (Wildman–Crippen LogP) is 2.58. The van der Waals surface area contributed by atoms with Crippen LogP contribution in [0.4, 0.5) is 0 Å². The molecule has 1 aliphatic heterocycles. The minimum Gasteiger partial charge on any atom is -0.458 e. The lowest BCUT2D eigenvalue weighted by Crippen LogP contribution is -2.62. The predicted molar refractivity (Wildman–Crippen MR) is 103 cm³/mol. The Hall–Kier alpha value is -0.910. The number of cyclic esters (lactones) is 1. The molecule has 0 unspecified atom stereocenters. The molecule has 5 aliphatic rings. The van der Waals surface area contributed by atoms with Gasteiger partial charge in [-0.2, -0.15) is 0 Å². The van der Waals surface area contributed by atoms with E-state index in [1.54, 1.807) is 0 Å². The summed E-state index contributed by atoms with van der Waals surface area (Å²) in [5, 5.41) is 33.3. The Morgan fingerprint density at radius 1 is 1.07 bits per heavy atom. The van der Waals surface area contributed by atoms with Gasteiger partial charge >= 0.3 is 5.97 Å². The smallest absolute Gasteiger partial charge is 0.331 e. The molecule has 0 bridgehead atoms. The van der Waals surface area contributed by atoms with Crippen molar-refractivity contribution < 1.29 is 24.9 Å². The van der Waals surface area contributed by atoms with Gasteiger partial charge in [-0.1, -0.05) is 13.8 Å². The summed E-state index contributed by atoms with van der Waals surface area (Å²) in [5.74, 6) is 0.627. The number of hydrogen-bond acceptors (Lipinski definition) is 5. The molecule has 0 aromatic rings. The van der Waals surface area contributed by atoms with E-state index in [9.17, 15) is 20.1 Å². The van der Waals surface area contributed by atoms with Crippen LogP contribution in [0.15, 0.2) is 11.6 Å². The summed E-state index contributed by atoms with van der Waals surface area (Å²) in [4.78, 5) is 11.7. The number of aliphatic hydroxyl groups is 3. The van der Waals surface area contributed by atoms with E-state index in [2.05, 4.69) is 13.8 Å². The molecule has 5 rings (SSSR count). The summed E-state index contributed by atoms with van der Waals surface area (Å²) in [6, 6.07) is 0. The molecule has 1 heterocycles. The first-order chi connectivity index (χ1) is 13.2. The van der Waals surface area contributed by atoms with Gasteiger partial charge in [0.1, 0.15) is 6.61 Å². The molecule has 0 aromatic carbocycles. The van der Waals surface area contributed by atoms with Crippen LogP contribution < -0.4 is 0 Å². The zero-order valence-corrected chi connectivity index (χ0v) is 17.1. The molecule has 4 saturated carbocycles. The van der Waals surface area contributed by atoms with Crippen LogP contribution in [-0.4, -0.2) is 45.7 Å². The molecular formula is C23H34O5. The molecule has 0 radical (unpaired) electrons. The van der Waals surface area contributed by atoms with Crippen molar-refractivity contribution in [2.45, 2.75) is 83.0 Å². The van der Waals surface area contributed by atoms with Gasteiger partial charge in [-0.3, -0.25) is 0 Å². The van der Waals surface area contributed by atoms with Crippen LogP contribution in [0.3, 0.4) is 0 Å². The highest BCUT2D eigenvalue weighted by atomic mass is 16.5. The fourth-order valence-electron chi connectivity index (χ4n) is 8.47. The molecule has 0 spiro atoms. The maximum atomic E-state index is 12.1. The molecule has 28 heavy (non-hydrogen) atoms. The highest BCUT2D eigenvalue weighted by Gasteiger charge is 2.70. The molecule has 0 saturated heterocycles. The summed E-state index contributed by atoms with van der Waals surface area (Å²) in [6.07, 6.45) is 7.87. The number of aliphatic hydroxyl groups excluding tert-OH is 2. The number of carbonyl (C=O) groups is 1. The van der Waals surface area contributed by atoms with Crippen molar-refractivity contribution in [1.29, 1.82) is 0 Å². The molecule has 4 fully saturated rings. The Kier molecular flexibility index (Phi) is 4.12. The number of ether oxygens (including phenoxy) is 1. The molecule has 156 valence electrons. The number of hydrogen-bond donors (Lipinski definition) is 3. The maximum absolute atomic E-state index is 12.1. The minimum absolute atomic E-state index is 0.170. The van der Waals surface area contributed by atoms with Crippen LogP contribution in [-0.2, 0) is 9.53 Å². The zero-order chi connectivity index (χ0) is 19.9. The molecule has 5 heteroatoms. The van der Waals surface area contributed by atoms with Gasteiger partial charge in [-0.15, -0.1) is 0 Å². The maximum Gasteiger partial charge on any atom is 0.331 e. The summed E-state index contributed by atoms with van der Waals surface area (Å²) in [7, 11) is 0. The average molecular weight is 391 g/mol. The third kappa shape index (κ3) is 2.33. The second-order valence-electron chi connectivity index (χ2n) is 10.9. The van der Waals surface area contributed by atoms with E-state index >= 15 is 0 Å². The molecule has 3 N–H and O–H groups in total. The van der Waals surface area contributed by atoms with Crippen LogP contribution in [0.5, 0.6) is 0 Å². The first kappa shape index (κ1) is 19.1. The second-order valence-corrected chi connectivity index (χ2v) is 10.9. The van der Waals surface area contributed by atoms with Crippen molar-refractivity contribution in [3.05, 3.63) is 11.6 Å². The fraction of sp³-hybridized carbons (Fsp3) is 0.870. The Bertz CT molecular complexity index is 718. The third-order valence-corrected chi connectivity index (χ3v) is 9.92. The minimum atomic E-state index is -0.906. The summed E-state index contributed by atoms with van der Waals surface area (Å²) in [6.45, 7) is 4.77. The summed E-state index contributed by atoms with van der Waals surface area (Å²) in [5.41, 5.74) is -0.301. The van der Waals surface area contributed by atoms with E-state index in [1.807, 2.05) is 0 Å². The van der Waals surface area contributed by atoms with Crippen LogP contribution >= 0.6 is 0 Å². The average Bonchev–Trinajstić information content (AvgIpc) is 3.13. The number of rotatable bonds is 1. The van der Waals surface area contributed by atoms with Crippen molar-refractivity contribution in [3.8, 4) is 0 Å². The number of carbonyl (C=O) groups excluding carboxylic acids is 1. The van der Waals surface area contributed by atoms with E-state index < -0.39 is 17.1 Å². The van der Waals surface area contributed by atoms with E-state index in [1.165, 1.54) is 6.08 Å². The SMILES string of the molecule is C[C@]12CC[C@@H](O)C[C@@H]1CC[C@@H]1[C@@H]2CC[C@@]2(C)[C@@H](C3=CC(=O)OC3)[C@@H](O)C[C@]12O. The van der Waals surface area contributed by atoms with E-state index in [0.29, 0.717) is 18.3 Å². The zero-order valence-electron chi connectivity index (χ0n) is 17.1. The number of fused-ring (bicyclic) bond motifs is 5. The Labute approximate surface area is 167 Å². The lowest BCUT2D eigenvalue weighted by molar-refractivity contribution is -0.208. The van der Waals surface area contributed by atoms with Gasteiger partial charge in [-0.25, -0.2) is 4.79 Å². The third-order valence-electron chi connectivity index (χ3n) is 9.92. The topological polar surface area (TPSA) is 87.0 Å². The van der Waals surface area contributed by atoms with Crippen molar-refractivity contribution >= 4 is 5.97 Å². The largest absolute Gasteiger partial charge is 0.458 e. The second kappa shape index (κ2) is 6.05. The van der Waals surface area contributed by atoms with Crippen LogP contribution in [0.2, 0.25) is 0 Å². The molecule has 0 aromatic heterocycles. The van der Waals surface area contributed by atoms with Crippen molar-refractivity contribution in [2.24, 2.45) is 34.5 Å². The highest BCUT2D eigenvalue weighted by Crippen LogP contribution is 2.69. The van der Waals surface area contributed by atoms with Crippen LogP contribution in [0.1, 0.15) is 65.2 Å². The van der Waals surface area contributed by atoms with Crippen molar-refractivity contribution in [3.63, 3.8) is 0 Å². The van der Waals surface area contributed by atoms with Gasteiger partial charge in [0.2, 0.25) is 0 Å². The summed E-state index contributed by atoms with van der Waals surface area (Å²) < 4.78 is 5.14. The van der Waals surface area contributed by atoms with Gasteiger partial charge < -0.3 is 20.1 Å². The van der Waals surface area contributed by atoms with E-state index in [-0.39, 0.29) is 35.9 Å². The van der Waals surface area contributed by atoms with E-state index in [0.717, 1.165) is 50.5 Å². The molecule has 4 aliphatic carbocycles. The van der Waals surface area contributed by atoms with Gasteiger partial charge in [-0.05, 0) is 73.7 Å². The molecular weight excluding hydrogens is 356 g/mol. The lowest BCUT2D eigenvalue weighted by Gasteiger charge is -2.63. The first-order valence-electron chi connectivity index (χ1n) is 11.1. The standard InChI is InChI=1S/C23H34O5/c1-21-7-5-15(24)10-14(21)3-4-17-16(21)6-8-22(2)20(13-9-19(26)28-12-13)18(25)11-23(17,22)27/h9,14-18,20,24-25,27H,3-8,10-12H2,1-2H3/t14-,15+,16-,17+,18-,20-,21-,22-,23-/m0/s1. The monoisotopic (exact) mass is 390 g/mol. The molecule has 0 amide bonds. The quantitative estimate of drug-likeness (QED) is 0.599. The van der Waals surface area contributed by atoms with Crippen molar-refractivity contribution in [2.75, 3.05) is 6.61 Å². The van der Waals surface area contributed by atoms with Gasteiger partial charge in [0.15, 0.2) is 0 Å².